The van der Waals surface area contributed by atoms with Crippen molar-refractivity contribution in [2.75, 3.05) is 33.9 Å². The molecule has 134 valence electrons. The Morgan fingerprint density at radius 2 is 1.96 bits per heavy atom. The van der Waals surface area contributed by atoms with E-state index in [2.05, 4.69) is 20.9 Å². The third-order valence-electron chi connectivity index (χ3n) is 4.45. The fraction of sp³-hybridized carbons (Fsp3) is 0.882. The number of nitrogens with one attached hydrogen (secondary N) is 3. The zero-order chi connectivity index (χ0) is 17.1. The van der Waals surface area contributed by atoms with Gasteiger partial charge < -0.3 is 20.7 Å². The lowest BCUT2D eigenvalue weighted by Crippen LogP contribution is -2.44. The van der Waals surface area contributed by atoms with Crippen LogP contribution in [0.5, 0.6) is 0 Å². The van der Waals surface area contributed by atoms with Crippen molar-refractivity contribution in [2.24, 2.45) is 10.4 Å². The van der Waals surface area contributed by atoms with Crippen molar-refractivity contribution in [3.05, 3.63) is 0 Å². The van der Waals surface area contributed by atoms with Crippen molar-refractivity contribution < 1.29 is 9.53 Å². The summed E-state index contributed by atoms with van der Waals surface area (Å²) in [6.45, 7) is 6.24. The number of methoxy groups -OCH3 is 1. The fourth-order valence-electron chi connectivity index (χ4n) is 3.14. The van der Waals surface area contributed by atoms with Crippen LogP contribution in [0.2, 0.25) is 0 Å². The molecule has 23 heavy (non-hydrogen) atoms. The first-order valence-electron chi connectivity index (χ1n) is 8.74. The number of carbonyl (C=O) groups is 1. The number of hydrogen-bond donors (Lipinski definition) is 3. The number of amides is 1. The Balaban J connectivity index is 2.33. The molecular weight excluding hydrogens is 292 g/mol. The van der Waals surface area contributed by atoms with Gasteiger partial charge in [-0.1, -0.05) is 12.8 Å². The van der Waals surface area contributed by atoms with Gasteiger partial charge in [0.05, 0.1) is 0 Å². The second-order valence-electron chi connectivity index (χ2n) is 6.77. The maximum absolute atomic E-state index is 11.6. The van der Waals surface area contributed by atoms with Crippen molar-refractivity contribution in [1.82, 2.24) is 16.0 Å². The average Bonchev–Trinajstić information content (AvgIpc) is 2.97. The fourth-order valence-corrected chi connectivity index (χ4v) is 3.14. The van der Waals surface area contributed by atoms with Gasteiger partial charge in [0.2, 0.25) is 5.91 Å². The molecule has 1 saturated carbocycles. The van der Waals surface area contributed by atoms with Gasteiger partial charge in [0.15, 0.2) is 5.96 Å². The van der Waals surface area contributed by atoms with Gasteiger partial charge in [-0.15, -0.1) is 0 Å². The van der Waals surface area contributed by atoms with E-state index >= 15 is 0 Å². The highest BCUT2D eigenvalue weighted by Crippen LogP contribution is 2.40. The quantitative estimate of drug-likeness (QED) is 0.445. The summed E-state index contributed by atoms with van der Waals surface area (Å²) < 4.78 is 5.27. The lowest BCUT2D eigenvalue weighted by atomic mass is 9.83. The van der Waals surface area contributed by atoms with E-state index in [9.17, 15) is 4.79 Å². The van der Waals surface area contributed by atoms with E-state index < -0.39 is 0 Å². The van der Waals surface area contributed by atoms with Crippen LogP contribution in [0.25, 0.3) is 0 Å². The normalized spacial score (nSPS) is 17.3. The Bertz CT molecular complexity index is 377. The molecule has 3 N–H and O–H groups in total. The largest absolute Gasteiger partial charge is 0.385 e. The van der Waals surface area contributed by atoms with E-state index in [0.29, 0.717) is 18.4 Å². The summed E-state index contributed by atoms with van der Waals surface area (Å²) in [5.74, 6) is 0.835. The molecule has 1 fully saturated rings. The van der Waals surface area contributed by atoms with E-state index in [4.69, 9.17) is 4.74 Å². The predicted molar refractivity (Wildman–Crippen MR) is 94.7 cm³/mol. The maximum Gasteiger partial charge on any atom is 0.221 e. The smallest absolute Gasteiger partial charge is 0.221 e. The summed E-state index contributed by atoms with van der Waals surface area (Å²) in [5, 5.41) is 9.53. The van der Waals surface area contributed by atoms with Crippen LogP contribution in [-0.4, -0.2) is 51.8 Å². The van der Waals surface area contributed by atoms with Crippen LogP contribution in [0.4, 0.5) is 0 Å². The molecule has 0 bridgehead atoms. The van der Waals surface area contributed by atoms with Gasteiger partial charge in [0, 0.05) is 46.3 Å². The molecule has 6 nitrogen and oxygen atoms in total. The summed E-state index contributed by atoms with van der Waals surface area (Å²) in [4.78, 5) is 15.9. The monoisotopic (exact) mass is 326 g/mol. The van der Waals surface area contributed by atoms with Gasteiger partial charge >= 0.3 is 0 Å². The molecule has 0 spiro atoms. The van der Waals surface area contributed by atoms with Crippen LogP contribution in [0.3, 0.4) is 0 Å². The Labute approximate surface area is 140 Å². The van der Waals surface area contributed by atoms with Crippen LogP contribution >= 0.6 is 0 Å². The molecular formula is C17H34N4O2. The van der Waals surface area contributed by atoms with Gasteiger partial charge in [-0.2, -0.15) is 0 Å². The minimum Gasteiger partial charge on any atom is -0.385 e. The van der Waals surface area contributed by atoms with Crippen molar-refractivity contribution in [1.29, 1.82) is 0 Å². The second kappa shape index (κ2) is 10.5. The molecule has 0 aromatic carbocycles. The van der Waals surface area contributed by atoms with Crippen LogP contribution in [0.1, 0.15) is 52.4 Å². The van der Waals surface area contributed by atoms with Crippen molar-refractivity contribution in [2.45, 2.75) is 58.4 Å². The molecule has 0 aliphatic heterocycles. The molecule has 1 amide bonds. The highest BCUT2D eigenvalue weighted by atomic mass is 16.5. The molecule has 0 radical (unpaired) electrons. The van der Waals surface area contributed by atoms with E-state index in [1.165, 1.54) is 25.7 Å². The van der Waals surface area contributed by atoms with Crippen LogP contribution in [-0.2, 0) is 9.53 Å². The minimum atomic E-state index is 0.0651. The number of hydrogen-bond acceptors (Lipinski definition) is 3. The lowest BCUT2D eigenvalue weighted by molar-refractivity contribution is -0.121. The van der Waals surface area contributed by atoms with Crippen LogP contribution in [0, 0.1) is 5.41 Å². The first-order valence-corrected chi connectivity index (χ1v) is 8.74. The molecule has 0 aromatic rings. The standard InChI is InChI=1S/C17H34N4O2/c1-14(2)21-15(22)7-11-19-16(18-3)20-13-17(10-12-23-4)8-5-6-9-17/h14H,5-13H2,1-4H3,(H,21,22)(H2,18,19,20). The Hall–Kier alpha value is -1.30. The number of aliphatic imine (C=N–C) groups is 1. The Morgan fingerprint density at radius 1 is 1.26 bits per heavy atom. The van der Waals surface area contributed by atoms with E-state index in [1.54, 1.807) is 14.2 Å². The number of rotatable bonds is 9. The number of ether oxygens (including phenoxy) is 1. The van der Waals surface area contributed by atoms with Gasteiger partial charge in [-0.25, -0.2) is 0 Å². The molecule has 0 unspecified atom stereocenters. The van der Waals surface area contributed by atoms with E-state index in [0.717, 1.165) is 25.5 Å². The Morgan fingerprint density at radius 3 is 2.52 bits per heavy atom. The third-order valence-corrected chi connectivity index (χ3v) is 4.45. The molecule has 1 aliphatic carbocycles. The first-order chi connectivity index (χ1) is 11.0. The van der Waals surface area contributed by atoms with Crippen molar-refractivity contribution >= 4 is 11.9 Å². The van der Waals surface area contributed by atoms with Gasteiger partial charge in [0.25, 0.3) is 0 Å². The summed E-state index contributed by atoms with van der Waals surface area (Å²) in [6, 6.07) is 0.183. The molecule has 0 heterocycles. The van der Waals surface area contributed by atoms with Crippen LogP contribution < -0.4 is 16.0 Å². The van der Waals surface area contributed by atoms with Gasteiger partial charge in [0.1, 0.15) is 0 Å². The van der Waals surface area contributed by atoms with Gasteiger partial charge in [-0.05, 0) is 38.5 Å². The summed E-state index contributed by atoms with van der Waals surface area (Å²) in [5.41, 5.74) is 0.322. The highest BCUT2D eigenvalue weighted by molar-refractivity contribution is 5.81. The molecule has 1 aliphatic rings. The minimum absolute atomic E-state index is 0.0651. The Kier molecular flexibility index (Phi) is 8.99. The number of carbonyl (C=O) groups excluding carboxylic acids is 1. The average molecular weight is 326 g/mol. The molecule has 6 heteroatoms. The number of guanidine groups is 1. The third kappa shape index (κ3) is 7.68. The maximum atomic E-state index is 11.6. The summed E-state index contributed by atoms with van der Waals surface area (Å²) in [6.07, 6.45) is 6.63. The topological polar surface area (TPSA) is 74.8 Å². The van der Waals surface area contributed by atoms with Crippen molar-refractivity contribution in [3.8, 4) is 0 Å². The summed E-state index contributed by atoms with van der Waals surface area (Å²) in [7, 11) is 3.53. The molecule has 0 aromatic heterocycles. The van der Waals surface area contributed by atoms with Crippen LogP contribution in [0.15, 0.2) is 4.99 Å². The van der Waals surface area contributed by atoms with E-state index in [-0.39, 0.29) is 11.9 Å². The highest BCUT2D eigenvalue weighted by Gasteiger charge is 2.33. The summed E-state index contributed by atoms with van der Waals surface area (Å²) >= 11 is 0. The SMILES string of the molecule is CN=C(NCCC(=O)NC(C)C)NCC1(CCOC)CCCC1. The van der Waals surface area contributed by atoms with E-state index in [1.807, 2.05) is 13.8 Å². The number of nitrogens with zero attached hydrogens (tertiary/aromatic N) is 1. The molecule has 0 atom stereocenters. The zero-order valence-corrected chi connectivity index (χ0v) is 15.2. The molecule has 0 saturated heterocycles. The first kappa shape index (κ1) is 19.7. The predicted octanol–water partition coefficient (Wildman–Crippen LogP) is 1.66. The molecule has 1 rings (SSSR count). The van der Waals surface area contributed by atoms with Gasteiger partial charge in [-0.3, -0.25) is 9.79 Å². The van der Waals surface area contributed by atoms with Crippen molar-refractivity contribution in [3.63, 3.8) is 0 Å². The second-order valence-corrected chi connectivity index (χ2v) is 6.77. The lowest BCUT2D eigenvalue weighted by Gasteiger charge is -2.29. The zero-order valence-electron chi connectivity index (χ0n) is 15.2.